The maximum atomic E-state index is 14.1. The number of fused-ring (bicyclic) bond motifs is 1. The number of carbonyl (C=O) groups is 1. The summed E-state index contributed by atoms with van der Waals surface area (Å²) in [5.41, 5.74) is 2.40. The number of aromatic nitrogens is 1. The molecule has 6 nitrogen and oxygen atoms in total. The van der Waals surface area contributed by atoms with Crippen LogP contribution in [0.4, 0.5) is 4.39 Å². The molecule has 1 aromatic heterocycles. The van der Waals surface area contributed by atoms with E-state index in [1.165, 1.54) is 12.1 Å². The lowest BCUT2D eigenvalue weighted by molar-refractivity contribution is 0.0116. The number of ether oxygens (including phenoxy) is 2. The fraction of sp³-hybridized carbons (Fsp3) is 0.375. The van der Waals surface area contributed by atoms with Gasteiger partial charge in [0.15, 0.2) is 5.78 Å². The molecule has 3 aromatic rings. The molecule has 1 unspecified atom stereocenters. The highest BCUT2D eigenvalue weighted by atomic mass is 19.1. The molecular weight excluding hydrogens is 399 g/mol. The van der Waals surface area contributed by atoms with Crippen LogP contribution in [-0.2, 0) is 11.3 Å². The van der Waals surface area contributed by atoms with Crippen molar-refractivity contribution in [2.75, 3.05) is 40.0 Å². The highest BCUT2D eigenvalue weighted by molar-refractivity contribution is 6.17. The zero-order valence-corrected chi connectivity index (χ0v) is 17.8. The zero-order valence-electron chi connectivity index (χ0n) is 17.8. The molecule has 7 heteroatoms. The Morgan fingerprint density at radius 3 is 2.55 bits per heavy atom. The third-order valence-corrected chi connectivity index (χ3v) is 5.83. The van der Waals surface area contributed by atoms with E-state index in [-0.39, 0.29) is 5.78 Å². The Labute approximate surface area is 180 Å². The molecular formula is C24H27FN2O4. The van der Waals surface area contributed by atoms with Gasteiger partial charge in [-0.05, 0) is 49.4 Å². The number of rotatable bonds is 7. The van der Waals surface area contributed by atoms with Crippen molar-refractivity contribution in [1.82, 2.24) is 9.47 Å². The van der Waals surface area contributed by atoms with Crippen molar-refractivity contribution in [3.8, 4) is 5.75 Å². The van der Waals surface area contributed by atoms with Gasteiger partial charge in [-0.3, -0.25) is 9.69 Å². The van der Waals surface area contributed by atoms with Crippen molar-refractivity contribution in [2.45, 2.75) is 19.6 Å². The van der Waals surface area contributed by atoms with Crippen molar-refractivity contribution in [1.29, 1.82) is 0 Å². The minimum Gasteiger partial charge on any atom is -0.497 e. The molecule has 1 N–H and O–H groups in total. The SMILES string of the molecule is COc1ccc(C(=O)c2c(C)n(CC(O)CN3CCOCC3)c3ccc(F)cc23)cc1. The van der Waals surface area contributed by atoms with Gasteiger partial charge in [0.05, 0.1) is 38.5 Å². The quantitative estimate of drug-likeness (QED) is 0.589. The van der Waals surface area contributed by atoms with Crippen LogP contribution in [-0.4, -0.2) is 66.4 Å². The molecule has 0 spiro atoms. The van der Waals surface area contributed by atoms with E-state index in [2.05, 4.69) is 4.90 Å². The number of ketones is 1. The topological polar surface area (TPSA) is 63.9 Å². The van der Waals surface area contributed by atoms with Crippen molar-refractivity contribution < 1.29 is 23.8 Å². The first-order valence-corrected chi connectivity index (χ1v) is 10.4. The van der Waals surface area contributed by atoms with Crippen molar-refractivity contribution >= 4 is 16.7 Å². The van der Waals surface area contributed by atoms with Crippen molar-refractivity contribution in [3.63, 3.8) is 0 Å². The molecule has 2 heterocycles. The van der Waals surface area contributed by atoms with E-state index in [4.69, 9.17) is 9.47 Å². The second-order valence-electron chi connectivity index (χ2n) is 7.86. The summed E-state index contributed by atoms with van der Waals surface area (Å²) < 4.78 is 26.5. The highest BCUT2D eigenvalue weighted by Crippen LogP contribution is 2.30. The van der Waals surface area contributed by atoms with Gasteiger partial charge in [0.2, 0.25) is 0 Å². The molecule has 164 valence electrons. The van der Waals surface area contributed by atoms with E-state index in [1.807, 2.05) is 11.5 Å². The Balaban J connectivity index is 1.68. The lowest BCUT2D eigenvalue weighted by Gasteiger charge is -2.29. The maximum absolute atomic E-state index is 14.1. The summed E-state index contributed by atoms with van der Waals surface area (Å²) in [6, 6.07) is 11.3. The molecule has 0 saturated carbocycles. The summed E-state index contributed by atoms with van der Waals surface area (Å²) in [5.74, 6) is 0.0763. The van der Waals surface area contributed by atoms with Crippen LogP contribution in [0.3, 0.4) is 0 Å². The number of halogens is 1. The largest absolute Gasteiger partial charge is 0.497 e. The number of hydrogen-bond donors (Lipinski definition) is 1. The minimum atomic E-state index is -0.624. The van der Waals surface area contributed by atoms with Gasteiger partial charge in [0, 0.05) is 41.8 Å². The second kappa shape index (κ2) is 9.18. The van der Waals surface area contributed by atoms with Gasteiger partial charge in [-0.1, -0.05) is 0 Å². The minimum absolute atomic E-state index is 0.183. The van der Waals surface area contributed by atoms with Gasteiger partial charge in [-0.2, -0.15) is 0 Å². The lowest BCUT2D eigenvalue weighted by atomic mass is 10.0. The third kappa shape index (κ3) is 4.49. The summed E-state index contributed by atoms with van der Waals surface area (Å²) in [6.07, 6.45) is -0.624. The second-order valence-corrected chi connectivity index (χ2v) is 7.86. The summed E-state index contributed by atoms with van der Waals surface area (Å²) >= 11 is 0. The van der Waals surface area contributed by atoms with Crippen LogP contribution in [0.5, 0.6) is 5.75 Å². The first-order chi connectivity index (χ1) is 15.0. The number of methoxy groups -OCH3 is 1. The van der Waals surface area contributed by atoms with Gasteiger partial charge in [-0.25, -0.2) is 4.39 Å². The number of β-amino-alcohol motifs (C(OH)–C–C–N with tert-alkyl or cyclic N) is 1. The number of benzene rings is 2. The third-order valence-electron chi connectivity index (χ3n) is 5.83. The molecule has 1 fully saturated rings. The summed E-state index contributed by atoms with van der Waals surface area (Å²) in [4.78, 5) is 15.5. The van der Waals surface area contributed by atoms with E-state index >= 15 is 0 Å². The Bertz CT molecular complexity index is 1070. The smallest absolute Gasteiger partial charge is 0.195 e. The van der Waals surface area contributed by atoms with Crippen LogP contribution in [0.25, 0.3) is 10.9 Å². The Kier molecular flexibility index (Phi) is 6.36. The molecule has 2 aromatic carbocycles. The van der Waals surface area contributed by atoms with Crippen LogP contribution in [0.2, 0.25) is 0 Å². The molecule has 0 aliphatic carbocycles. The Morgan fingerprint density at radius 2 is 1.87 bits per heavy atom. The monoisotopic (exact) mass is 426 g/mol. The highest BCUT2D eigenvalue weighted by Gasteiger charge is 2.24. The number of nitrogens with zero attached hydrogens (tertiary/aromatic N) is 2. The maximum Gasteiger partial charge on any atom is 0.195 e. The molecule has 1 aliphatic rings. The summed E-state index contributed by atoms with van der Waals surface area (Å²) in [5, 5.41) is 11.3. The lowest BCUT2D eigenvalue weighted by Crippen LogP contribution is -2.42. The normalized spacial score (nSPS) is 15.9. The first kappa shape index (κ1) is 21.5. The number of carbonyl (C=O) groups excluding carboxylic acids is 1. The molecule has 0 radical (unpaired) electrons. The molecule has 1 atom stereocenters. The molecule has 0 amide bonds. The average molecular weight is 426 g/mol. The van der Waals surface area contributed by atoms with E-state index in [1.54, 1.807) is 37.4 Å². The zero-order chi connectivity index (χ0) is 22.0. The summed E-state index contributed by atoms with van der Waals surface area (Å²) in [7, 11) is 1.57. The van der Waals surface area contributed by atoms with Crippen LogP contribution >= 0.6 is 0 Å². The van der Waals surface area contributed by atoms with Gasteiger partial charge in [0.25, 0.3) is 0 Å². The molecule has 1 aliphatic heterocycles. The van der Waals surface area contributed by atoms with Crippen molar-refractivity contribution in [2.24, 2.45) is 0 Å². The fourth-order valence-electron chi connectivity index (χ4n) is 4.21. The van der Waals surface area contributed by atoms with E-state index in [9.17, 15) is 14.3 Å². The number of hydrogen-bond acceptors (Lipinski definition) is 5. The van der Waals surface area contributed by atoms with Crippen LogP contribution in [0, 0.1) is 12.7 Å². The van der Waals surface area contributed by atoms with Gasteiger partial charge in [0.1, 0.15) is 11.6 Å². The van der Waals surface area contributed by atoms with Crippen molar-refractivity contribution in [3.05, 3.63) is 65.1 Å². The Hall–Kier alpha value is -2.74. The number of morpholine rings is 1. The van der Waals surface area contributed by atoms with E-state index in [0.29, 0.717) is 54.3 Å². The molecule has 4 rings (SSSR count). The van der Waals surface area contributed by atoms with E-state index in [0.717, 1.165) is 18.6 Å². The first-order valence-electron chi connectivity index (χ1n) is 10.4. The average Bonchev–Trinajstić information content (AvgIpc) is 3.04. The summed E-state index contributed by atoms with van der Waals surface area (Å²) in [6.45, 7) is 5.59. The number of aliphatic hydroxyl groups is 1. The predicted molar refractivity (Wildman–Crippen MR) is 116 cm³/mol. The standard InChI is InChI=1S/C24H27FN2O4/c1-16-23(24(29)17-3-6-20(30-2)7-4-17)21-13-18(25)5-8-22(21)27(16)15-19(28)14-26-9-11-31-12-10-26/h3-8,13,19,28H,9-12,14-15H2,1-2H3. The predicted octanol–water partition coefficient (Wildman–Crippen LogP) is 3.02. The van der Waals surface area contributed by atoms with Crippen LogP contribution < -0.4 is 4.74 Å². The van der Waals surface area contributed by atoms with Gasteiger partial charge >= 0.3 is 0 Å². The molecule has 1 saturated heterocycles. The van der Waals surface area contributed by atoms with Crippen LogP contribution in [0.15, 0.2) is 42.5 Å². The fourth-order valence-corrected chi connectivity index (χ4v) is 4.21. The Morgan fingerprint density at radius 1 is 1.16 bits per heavy atom. The van der Waals surface area contributed by atoms with E-state index < -0.39 is 11.9 Å². The molecule has 31 heavy (non-hydrogen) atoms. The van der Waals surface area contributed by atoms with Gasteiger partial charge in [-0.15, -0.1) is 0 Å². The van der Waals surface area contributed by atoms with Crippen LogP contribution in [0.1, 0.15) is 21.6 Å². The van der Waals surface area contributed by atoms with Gasteiger partial charge < -0.3 is 19.1 Å². The molecule has 0 bridgehead atoms. The number of aliphatic hydroxyl groups excluding tert-OH is 1.